The Morgan fingerprint density at radius 3 is 2.00 bits per heavy atom. The van der Waals surface area contributed by atoms with Gasteiger partial charge in [-0.15, -0.1) is 0 Å². The molecule has 0 rings (SSSR count). The second kappa shape index (κ2) is 8.69. The van der Waals surface area contributed by atoms with E-state index < -0.39 is 24.0 Å². The van der Waals surface area contributed by atoms with Gasteiger partial charge in [0, 0.05) is 5.41 Å². The van der Waals surface area contributed by atoms with Crippen molar-refractivity contribution >= 4 is 11.9 Å². The summed E-state index contributed by atoms with van der Waals surface area (Å²) in [5.41, 5.74) is -0.876. The average Bonchev–Trinajstić information content (AvgIpc) is 2.11. The number of carboxylic acids is 1. The van der Waals surface area contributed by atoms with Crippen LogP contribution in [-0.4, -0.2) is 17.5 Å². The van der Waals surface area contributed by atoms with Crippen molar-refractivity contribution in [2.24, 2.45) is 5.41 Å². The second-order valence-electron chi connectivity index (χ2n) is 5.61. The molecule has 0 N–H and O–H groups in total. The zero-order valence-electron chi connectivity index (χ0n) is 12.5. The molecule has 0 saturated carbocycles. The van der Waals surface area contributed by atoms with Gasteiger partial charge in [-0.25, -0.2) is 0 Å². The van der Waals surface area contributed by atoms with E-state index in [1.54, 1.807) is 0 Å². The molecule has 0 saturated heterocycles. The Balaban J connectivity index is 0. The molecule has 0 aliphatic carbocycles. The van der Waals surface area contributed by atoms with E-state index >= 15 is 0 Å². The topological polar surface area (TPSA) is 66.4 Å². The maximum atomic E-state index is 11.4. The first-order chi connectivity index (χ1) is 7.62. The first-order valence-corrected chi connectivity index (χ1v) is 6.04. The third-order valence-electron chi connectivity index (χ3n) is 3.22. The number of carbonyl (C=O) groups is 2. The van der Waals surface area contributed by atoms with Crippen LogP contribution in [0.5, 0.6) is 0 Å². The Morgan fingerprint density at radius 2 is 1.67 bits per heavy atom. The first kappa shape index (κ1) is 20.9. The van der Waals surface area contributed by atoms with E-state index in [0.29, 0.717) is 0 Å². The largest absolute Gasteiger partial charge is 1.00 e. The summed E-state index contributed by atoms with van der Waals surface area (Å²) in [6, 6.07) is 0. The monoisotopic (exact) mass is 282 g/mol. The predicted molar refractivity (Wildman–Crippen MR) is 63.1 cm³/mol. The van der Waals surface area contributed by atoms with Crippen LogP contribution in [0.2, 0.25) is 0 Å². The number of ether oxygens (including phenoxy) is 1. The molecule has 100 valence electrons. The van der Waals surface area contributed by atoms with Crippen molar-refractivity contribution in [1.82, 2.24) is 0 Å². The van der Waals surface area contributed by atoms with Crippen molar-refractivity contribution in [3.8, 4) is 0 Å². The normalized spacial score (nSPS) is 14.3. The van der Waals surface area contributed by atoms with Crippen molar-refractivity contribution < 1.29 is 70.8 Å². The van der Waals surface area contributed by atoms with Crippen LogP contribution in [0, 0.1) is 5.41 Å². The molecule has 0 aliphatic rings. The molecule has 1 unspecified atom stereocenters. The van der Waals surface area contributed by atoms with Gasteiger partial charge < -0.3 is 14.6 Å². The molecule has 0 amide bonds. The number of carbonyl (C=O) groups excluding carboxylic acids is 2. The predicted octanol–water partition coefficient (Wildman–Crippen LogP) is -1.33. The van der Waals surface area contributed by atoms with Gasteiger partial charge in [0.1, 0.15) is 5.60 Å². The molecule has 5 heteroatoms. The molecular weight excluding hydrogens is 259 g/mol. The van der Waals surface area contributed by atoms with Crippen LogP contribution in [-0.2, 0) is 14.3 Å². The van der Waals surface area contributed by atoms with Crippen LogP contribution in [0.3, 0.4) is 0 Å². The summed E-state index contributed by atoms with van der Waals surface area (Å²) in [6.07, 6.45) is 1.99. The van der Waals surface area contributed by atoms with Crippen molar-refractivity contribution in [1.29, 1.82) is 0 Å². The van der Waals surface area contributed by atoms with Gasteiger partial charge in [0.2, 0.25) is 0 Å². The molecular formula is C13H23KO4. The molecule has 0 aliphatic heterocycles. The molecule has 18 heavy (non-hydrogen) atoms. The summed E-state index contributed by atoms with van der Waals surface area (Å²) in [5, 5.41) is 10.3. The Bertz CT molecular complexity index is 283. The summed E-state index contributed by atoms with van der Waals surface area (Å²) >= 11 is 0. The van der Waals surface area contributed by atoms with Gasteiger partial charge in [0.05, 0.1) is 12.4 Å². The van der Waals surface area contributed by atoms with Crippen LogP contribution < -0.4 is 56.5 Å². The van der Waals surface area contributed by atoms with Gasteiger partial charge in [-0.05, 0) is 19.8 Å². The molecule has 0 heterocycles. The minimum absolute atomic E-state index is 0. The first-order valence-electron chi connectivity index (χ1n) is 6.04. The van der Waals surface area contributed by atoms with Gasteiger partial charge in [-0.1, -0.05) is 34.1 Å². The summed E-state index contributed by atoms with van der Waals surface area (Å²) in [6.45, 7) is 9.86. The minimum Gasteiger partial charge on any atom is -0.550 e. The minimum atomic E-state index is -1.40. The fourth-order valence-electron chi connectivity index (χ4n) is 1.50. The molecule has 1 atom stereocenters. The molecule has 0 spiro atoms. The Kier molecular flexibility index (Phi) is 10.1. The quantitative estimate of drug-likeness (QED) is 0.344. The summed E-state index contributed by atoms with van der Waals surface area (Å²) < 4.78 is 5.36. The van der Waals surface area contributed by atoms with Crippen LogP contribution >= 0.6 is 0 Å². The SMILES string of the molecule is CCCCC(C)(OC(=O)CC(=O)[O-])C(C)(C)C.[K+]. The molecule has 0 fully saturated rings. The van der Waals surface area contributed by atoms with Gasteiger partial charge in [-0.3, -0.25) is 4.79 Å². The van der Waals surface area contributed by atoms with Crippen molar-refractivity contribution in [2.75, 3.05) is 0 Å². The average molecular weight is 282 g/mol. The van der Waals surface area contributed by atoms with Gasteiger partial charge >= 0.3 is 57.4 Å². The fraction of sp³-hybridized carbons (Fsp3) is 0.846. The molecule has 0 radical (unpaired) electrons. The standard InChI is InChI=1S/C13H24O4.K/c1-6-7-8-13(5,12(2,3)4)17-11(16)9-10(14)15;/h6-9H2,1-5H3,(H,14,15);/q;+1/p-1. The molecule has 0 aromatic heterocycles. The summed E-state index contributed by atoms with van der Waals surface area (Å²) in [7, 11) is 0. The molecule has 0 aromatic rings. The van der Waals surface area contributed by atoms with Crippen LogP contribution in [0.1, 0.15) is 60.3 Å². The number of unbranched alkanes of at least 4 members (excludes halogenated alkanes) is 1. The molecule has 0 aromatic carbocycles. The van der Waals surface area contributed by atoms with E-state index in [9.17, 15) is 14.7 Å². The van der Waals surface area contributed by atoms with Crippen molar-refractivity contribution in [2.45, 2.75) is 65.9 Å². The molecule has 0 bridgehead atoms. The van der Waals surface area contributed by atoms with Gasteiger partial charge in [-0.2, -0.15) is 0 Å². The van der Waals surface area contributed by atoms with Crippen LogP contribution in [0.25, 0.3) is 0 Å². The number of esters is 1. The van der Waals surface area contributed by atoms with E-state index in [2.05, 4.69) is 6.92 Å². The Labute approximate surface area is 152 Å². The number of aliphatic carboxylic acids is 1. The smallest absolute Gasteiger partial charge is 0.550 e. The zero-order valence-corrected chi connectivity index (χ0v) is 15.6. The van der Waals surface area contributed by atoms with E-state index in [1.807, 2.05) is 27.7 Å². The zero-order chi connectivity index (χ0) is 13.7. The number of hydrogen-bond donors (Lipinski definition) is 0. The van der Waals surface area contributed by atoms with Gasteiger partial charge in [0.15, 0.2) is 0 Å². The van der Waals surface area contributed by atoms with E-state index in [1.165, 1.54) is 0 Å². The van der Waals surface area contributed by atoms with Crippen molar-refractivity contribution in [3.05, 3.63) is 0 Å². The van der Waals surface area contributed by atoms with E-state index in [-0.39, 0.29) is 56.8 Å². The van der Waals surface area contributed by atoms with Gasteiger partial charge in [0.25, 0.3) is 0 Å². The Hall–Kier alpha value is 0.576. The summed E-state index contributed by atoms with van der Waals surface area (Å²) in [4.78, 5) is 21.8. The third kappa shape index (κ3) is 7.24. The number of carboxylic acid groups (broad SMARTS) is 1. The second-order valence-corrected chi connectivity index (χ2v) is 5.61. The number of rotatable bonds is 6. The van der Waals surface area contributed by atoms with E-state index in [0.717, 1.165) is 19.3 Å². The number of hydrogen-bond acceptors (Lipinski definition) is 4. The van der Waals surface area contributed by atoms with Crippen LogP contribution in [0.15, 0.2) is 0 Å². The maximum absolute atomic E-state index is 11.4. The van der Waals surface area contributed by atoms with Crippen LogP contribution in [0.4, 0.5) is 0 Å². The fourth-order valence-corrected chi connectivity index (χ4v) is 1.50. The summed E-state index contributed by atoms with van der Waals surface area (Å²) in [5.74, 6) is -2.12. The van der Waals surface area contributed by atoms with Crippen molar-refractivity contribution in [3.63, 3.8) is 0 Å². The third-order valence-corrected chi connectivity index (χ3v) is 3.22. The van der Waals surface area contributed by atoms with E-state index in [4.69, 9.17) is 4.74 Å². The maximum Gasteiger partial charge on any atom is 1.00 e. The molecule has 4 nitrogen and oxygen atoms in total. The Morgan fingerprint density at radius 1 is 1.17 bits per heavy atom.